The van der Waals surface area contributed by atoms with Gasteiger partial charge in [0.2, 0.25) is 0 Å². The fraction of sp³-hybridized carbons (Fsp3) is 0.667. The van der Waals surface area contributed by atoms with Gasteiger partial charge in [-0.1, -0.05) is 0 Å². The zero-order chi connectivity index (χ0) is 12.3. The molecule has 2 heterocycles. The Morgan fingerprint density at radius 3 is 3.00 bits per heavy atom. The summed E-state index contributed by atoms with van der Waals surface area (Å²) in [5.74, 6) is 0.819. The molecule has 5 heteroatoms. The van der Waals surface area contributed by atoms with Crippen LogP contribution in [0.4, 0.5) is 0 Å². The first-order valence-electron chi connectivity index (χ1n) is 5.76. The van der Waals surface area contributed by atoms with Crippen molar-refractivity contribution in [3.8, 4) is 0 Å². The molecule has 0 spiro atoms. The van der Waals surface area contributed by atoms with Gasteiger partial charge in [0, 0.05) is 13.1 Å². The molecule has 1 aromatic rings. The number of hydrogen-bond donors (Lipinski definition) is 1. The number of rotatable bonds is 4. The van der Waals surface area contributed by atoms with Gasteiger partial charge < -0.3 is 19.2 Å². The lowest BCUT2D eigenvalue weighted by Crippen LogP contribution is -2.51. The van der Waals surface area contributed by atoms with Crippen molar-refractivity contribution in [2.45, 2.75) is 32.2 Å². The number of nitrogens with one attached hydrogen (secondary N) is 1. The van der Waals surface area contributed by atoms with Gasteiger partial charge in [-0.05, 0) is 41.9 Å². The summed E-state index contributed by atoms with van der Waals surface area (Å²) >= 11 is 3.26. The monoisotopic (exact) mass is 303 g/mol. The minimum atomic E-state index is -0.111. The molecule has 1 saturated heterocycles. The summed E-state index contributed by atoms with van der Waals surface area (Å²) in [7, 11) is 0. The van der Waals surface area contributed by atoms with Gasteiger partial charge >= 0.3 is 0 Å². The van der Waals surface area contributed by atoms with Crippen LogP contribution < -0.4 is 5.32 Å². The zero-order valence-electron chi connectivity index (χ0n) is 10.2. The van der Waals surface area contributed by atoms with E-state index in [1.54, 1.807) is 0 Å². The molecular formula is C12H18BrNO3. The van der Waals surface area contributed by atoms with E-state index in [4.69, 9.17) is 13.9 Å². The van der Waals surface area contributed by atoms with E-state index < -0.39 is 0 Å². The molecule has 1 fully saturated rings. The second-order valence-electron chi connectivity index (χ2n) is 4.85. The molecule has 1 aliphatic heterocycles. The Kier molecular flexibility index (Phi) is 4.25. The lowest BCUT2D eigenvalue weighted by atomic mass is 10.1. The first-order chi connectivity index (χ1) is 8.05. The SMILES string of the molecule is CC1(C)CNCC(COCc2ccc(Br)o2)O1. The fourth-order valence-corrected chi connectivity index (χ4v) is 2.22. The van der Waals surface area contributed by atoms with Crippen molar-refractivity contribution in [1.29, 1.82) is 0 Å². The van der Waals surface area contributed by atoms with Gasteiger partial charge in [-0.15, -0.1) is 0 Å². The van der Waals surface area contributed by atoms with E-state index in [0.29, 0.717) is 13.2 Å². The van der Waals surface area contributed by atoms with Crippen LogP contribution in [0.1, 0.15) is 19.6 Å². The van der Waals surface area contributed by atoms with Crippen LogP contribution in [0.25, 0.3) is 0 Å². The minimum Gasteiger partial charge on any atom is -0.452 e. The number of ether oxygens (including phenoxy) is 2. The summed E-state index contributed by atoms with van der Waals surface area (Å²) in [6, 6.07) is 3.76. The van der Waals surface area contributed by atoms with E-state index in [9.17, 15) is 0 Å². The van der Waals surface area contributed by atoms with Crippen LogP contribution in [-0.4, -0.2) is 31.4 Å². The maximum absolute atomic E-state index is 5.89. The molecule has 17 heavy (non-hydrogen) atoms. The third-order valence-corrected chi connectivity index (χ3v) is 3.01. The molecule has 2 rings (SSSR count). The smallest absolute Gasteiger partial charge is 0.169 e. The van der Waals surface area contributed by atoms with Gasteiger partial charge in [0.1, 0.15) is 12.4 Å². The van der Waals surface area contributed by atoms with E-state index in [0.717, 1.165) is 23.5 Å². The molecule has 0 saturated carbocycles. The standard InChI is InChI=1S/C12H18BrNO3/c1-12(2)8-14-5-10(17-12)7-15-6-9-3-4-11(13)16-9/h3-4,10,14H,5-8H2,1-2H3. The zero-order valence-corrected chi connectivity index (χ0v) is 11.7. The van der Waals surface area contributed by atoms with Gasteiger partial charge in [0.25, 0.3) is 0 Å². The molecule has 0 radical (unpaired) electrons. The highest BCUT2D eigenvalue weighted by Gasteiger charge is 2.28. The predicted octanol–water partition coefficient (Wildman–Crippen LogP) is 2.33. The van der Waals surface area contributed by atoms with Crippen LogP contribution in [-0.2, 0) is 16.1 Å². The Hall–Kier alpha value is -0.360. The van der Waals surface area contributed by atoms with E-state index in [1.165, 1.54) is 0 Å². The second-order valence-corrected chi connectivity index (χ2v) is 5.63. The molecule has 1 atom stereocenters. The molecule has 1 N–H and O–H groups in total. The highest BCUT2D eigenvalue weighted by Crippen LogP contribution is 2.17. The van der Waals surface area contributed by atoms with Crippen molar-refractivity contribution in [2.24, 2.45) is 0 Å². The third-order valence-electron chi connectivity index (χ3n) is 2.59. The quantitative estimate of drug-likeness (QED) is 0.927. The van der Waals surface area contributed by atoms with Crippen LogP contribution >= 0.6 is 15.9 Å². The van der Waals surface area contributed by atoms with Gasteiger partial charge in [0.15, 0.2) is 4.67 Å². The summed E-state index contributed by atoms with van der Waals surface area (Å²) in [6.45, 7) is 6.94. The molecule has 96 valence electrons. The van der Waals surface area contributed by atoms with E-state index >= 15 is 0 Å². The molecule has 1 unspecified atom stereocenters. The number of hydrogen-bond acceptors (Lipinski definition) is 4. The lowest BCUT2D eigenvalue weighted by molar-refractivity contribution is -0.123. The van der Waals surface area contributed by atoms with Gasteiger partial charge in [-0.3, -0.25) is 0 Å². The van der Waals surface area contributed by atoms with Crippen LogP contribution in [0, 0.1) is 0 Å². The van der Waals surface area contributed by atoms with Crippen LogP contribution in [0.5, 0.6) is 0 Å². The Bertz CT molecular complexity index is 364. The number of furan rings is 1. The lowest BCUT2D eigenvalue weighted by Gasteiger charge is -2.36. The number of morpholine rings is 1. The summed E-state index contributed by atoms with van der Waals surface area (Å²) in [5.41, 5.74) is -0.111. The molecule has 0 aromatic carbocycles. The normalized spacial score (nSPS) is 23.8. The largest absolute Gasteiger partial charge is 0.452 e. The van der Waals surface area contributed by atoms with Gasteiger partial charge in [-0.25, -0.2) is 0 Å². The number of halogens is 1. The second kappa shape index (κ2) is 5.52. The van der Waals surface area contributed by atoms with E-state index in [2.05, 4.69) is 35.1 Å². The topological polar surface area (TPSA) is 43.6 Å². The Labute approximate surface area is 110 Å². The van der Waals surface area contributed by atoms with Gasteiger partial charge in [-0.2, -0.15) is 0 Å². The molecule has 0 amide bonds. The van der Waals surface area contributed by atoms with Crippen molar-refractivity contribution >= 4 is 15.9 Å². The highest BCUT2D eigenvalue weighted by atomic mass is 79.9. The summed E-state index contributed by atoms with van der Waals surface area (Å²) in [4.78, 5) is 0. The Morgan fingerprint density at radius 1 is 1.53 bits per heavy atom. The maximum Gasteiger partial charge on any atom is 0.169 e. The molecular weight excluding hydrogens is 286 g/mol. The first kappa shape index (κ1) is 13.1. The van der Waals surface area contributed by atoms with Gasteiger partial charge in [0.05, 0.1) is 18.3 Å². The summed E-state index contributed by atoms with van der Waals surface area (Å²) in [6.07, 6.45) is 0.108. The van der Waals surface area contributed by atoms with Crippen molar-refractivity contribution in [1.82, 2.24) is 5.32 Å². The maximum atomic E-state index is 5.89. The highest BCUT2D eigenvalue weighted by molar-refractivity contribution is 9.10. The Balaban J connectivity index is 1.71. The summed E-state index contributed by atoms with van der Waals surface area (Å²) in [5, 5.41) is 3.34. The van der Waals surface area contributed by atoms with Crippen molar-refractivity contribution in [2.75, 3.05) is 19.7 Å². The van der Waals surface area contributed by atoms with E-state index in [1.807, 2.05) is 12.1 Å². The summed E-state index contributed by atoms with van der Waals surface area (Å²) < 4.78 is 17.6. The molecule has 0 aliphatic carbocycles. The molecule has 0 bridgehead atoms. The van der Waals surface area contributed by atoms with Crippen molar-refractivity contribution in [3.63, 3.8) is 0 Å². The van der Waals surface area contributed by atoms with E-state index in [-0.39, 0.29) is 11.7 Å². The average Bonchev–Trinajstić information content (AvgIpc) is 2.63. The van der Waals surface area contributed by atoms with Crippen molar-refractivity contribution < 1.29 is 13.9 Å². The average molecular weight is 304 g/mol. The fourth-order valence-electron chi connectivity index (χ4n) is 1.88. The molecule has 1 aliphatic rings. The molecule has 4 nitrogen and oxygen atoms in total. The van der Waals surface area contributed by atoms with Crippen LogP contribution in [0.2, 0.25) is 0 Å². The van der Waals surface area contributed by atoms with Crippen LogP contribution in [0.3, 0.4) is 0 Å². The minimum absolute atomic E-state index is 0.108. The first-order valence-corrected chi connectivity index (χ1v) is 6.55. The Morgan fingerprint density at radius 2 is 2.35 bits per heavy atom. The third kappa shape index (κ3) is 4.10. The predicted molar refractivity (Wildman–Crippen MR) is 67.9 cm³/mol. The molecule has 1 aromatic heterocycles. The van der Waals surface area contributed by atoms with Crippen LogP contribution in [0.15, 0.2) is 21.2 Å². The van der Waals surface area contributed by atoms with Crippen molar-refractivity contribution in [3.05, 3.63) is 22.6 Å².